The lowest BCUT2D eigenvalue weighted by Gasteiger charge is -2.03. The molecule has 0 fully saturated rings. The fourth-order valence-corrected chi connectivity index (χ4v) is 2.05. The minimum absolute atomic E-state index is 0.0215. The number of sulfone groups is 1. The largest absolute Gasteiger partial charge is 0.481 e. The number of carboxylic acids is 1. The van der Waals surface area contributed by atoms with Gasteiger partial charge in [0.25, 0.3) is 0 Å². The van der Waals surface area contributed by atoms with Crippen molar-refractivity contribution < 1.29 is 23.4 Å². The maximum Gasteiger partial charge on any atom is 0.304 e. The van der Waals surface area contributed by atoms with Gasteiger partial charge in [0.05, 0.1) is 24.5 Å². The second-order valence-corrected chi connectivity index (χ2v) is 5.43. The predicted octanol–water partition coefficient (Wildman–Crippen LogP) is -1.15. The van der Waals surface area contributed by atoms with E-state index >= 15 is 0 Å². The second-order valence-electron chi connectivity index (χ2n) is 3.12. The first kappa shape index (κ1) is 14.3. The third kappa shape index (κ3) is 9.64. The van der Waals surface area contributed by atoms with E-state index in [1.54, 1.807) is 0 Å². The SMILES string of the molecule is O=C(O)CCNCCCS(=O)(=O)CCO. The van der Waals surface area contributed by atoms with Crippen molar-refractivity contribution in [2.75, 3.05) is 31.2 Å². The molecule has 0 saturated heterocycles. The van der Waals surface area contributed by atoms with E-state index in [0.717, 1.165) is 0 Å². The molecule has 3 N–H and O–H groups in total. The Labute approximate surface area is 89.2 Å². The number of hydrogen-bond donors (Lipinski definition) is 3. The fraction of sp³-hybridized carbons (Fsp3) is 0.875. The van der Waals surface area contributed by atoms with Crippen LogP contribution in [0, 0.1) is 0 Å². The van der Waals surface area contributed by atoms with Crippen LogP contribution in [-0.2, 0) is 14.6 Å². The first-order chi connectivity index (χ1) is 6.98. The van der Waals surface area contributed by atoms with Gasteiger partial charge in [0.1, 0.15) is 0 Å². The Morgan fingerprint density at radius 1 is 1.20 bits per heavy atom. The van der Waals surface area contributed by atoms with Gasteiger partial charge in [0.15, 0.2) is 9.84 Å². The van der Waals surface area contributed by atoms with Crippen molar-refractivity contribution in [3.63, 3.8) is 0 Å². The molecule has 0 aliphatic heterocycles. The summed E-state index contributed by atoms with van der Waals surface area (Å²) in [6.07, 6.45) is 0.464. The van der Waals surface area contributed by atoms with E-state index in [1.807, 2.05) is 0 Å². The Morgan fingerprint density at radius 2 is 1.87 bits per heavy atom. The van der Waals surface area contributed by atoms with E-state index in [-0.39, 0.29) is 24.5 Å². The van der Waals surface area contributed by atoms with Gasteiger partial charge < -0.3 is 15.5 Å². The Bertz CT molecular complexity index is 275. The van der Waals surface area contributed by atoms with E-state index in [4.69, 9.17) is 10.2 Å². The van der Waals surface area contributed by atoms with Crippen LogP contribution in [0.5, 0.6) is 0 Å². The smallest absolute Gasteiger partial charge is 0.304 e. The summed E-state index contributed by atoms with van der Waals surface area (Å²) in [5.74, 6) is -1.06. The molecule has 0 rings (SSSR count). The molecule has 0 aliphatic rings. The molecular formula is C8H17NO5S. The van der Waals surface area contributed by atoms with Crippen LogP contribution in [0.25, 0.3) is 0 Å². The molecule has 0 aromatic carbocycles. The number of hydrogen-bond acceptors (Lipinski definition) is 5. The summed E-state index contributed by atoms with van der Waals surface area (Å²) in [6, 6.07) is 0. The molecule has 7 heteroatoms. The van der Waals surface area contributed by atoms with Gasteiger partial charge in [0, 0.05) is 6.54 Å². The molecule has 0 spiro atoms. The average Bonchev–Trinajstić information content (AvgIpc) is 2.10. The van der Waals surface area contributed by atoms with Gasteiger partial charge in [-0.15, -0.1) is 0 Å². The van der Waals surface area contributed by atoms with Gasteiger partial charge in [-0.2, -0.15) is 0 Å². The lowest BCUT2D eigenvalue weighted by Crippen LogP contribution is -2.22. The fourth-order valence-electron chi connectivity index (χ4n) is 0.979. The van der Waals surface area contributed by atoms with Crippen LogP contribution in [0.2, 0.25) is 0 Å². The van der Waals surface area contributed by atoms with E-state index in [1.165, 1.54) is 0 Å². The molecule has 0 radical (unpaired) electrons. The van der Waals surface area contributed by atoms with Crippen LogP contribution in [0.3, 0.4) is 0 Å². The lowest BCUT2D eigenvalue weighted by atomic mass is 10.4. The highest BCUT2D eigenvalue weighted by Crippen LogP contribution is 1.92. The number of rotatable bonds is 9. The number of aliphatic hydroxyl groups is 1. The molecule has 0 aromatic heterocycles. The quantitative estimate of drug-likeness (QED) is 0.439. The molecule has 0 bridgehead atoms. The molecule has 0 saturated carbocycles. The van der Waals surface area contributed by atoms with Crippen LogP contribution in [0.4, 0.5) is 0 Å². The molecular weight excluding hydrogens is 222 g/mol. The molecule has 15 heavy (non-hydrogen) atoms. The van der Waals surface area contributed by atoms with Gasteiger partial charge in [-0.1, -0.05) is 0 Å². The van der Waals surface area contributed by atoms with Crippen molar-refractivity contribution in [1.82, 2.24) is 5.32 Å². The van der Waals surface area contributed by atoms with Gasteiger partial charge in [0.2, 0.25) is 0 Å². The average molecular weight is 239 g/mol. The normalized spacial score (nSPS) is 11.5. The van der Waals surface area contributed by atoms with Crippen LogP contribution in [0.1, 0.15) is 12.8 Å². The number of carboxylic acid groups (broad SMARTS) is 1. The third-order valence-corrected chi connectivity index (χ3v) is 3.44. The first-order valence-corrected chi connectivity index (χ1v) is 6.54. The number of aliphatic hydroxyl groups excluding tert-OH is 1. The first-order valence-electron chi connectivity index (χ1n) is 4.72. The molecule has 0 aliphatic carbocycles. The third-order valence-electron chi connectivity index (χ3n) is 1.73. The van der Waals surface area contributed by atoms with Crippen LogP contribution < -0.4 is 5.32 Å². The number of nitrogens with one attached hydrogen (secondary N) is 1. The highest BCUT2D eigenvalue weighted by atomic mass is 32.2. The summed E-state index contributed by atoms with van der Waals surface area (Å²) in [6.45, 7) is 0.460. The molecule has 0 aromatic rings. The molecule has 90 valence electrons. The van der Waals surface area contributed by atoms with E-state index < -0.39 is 15.8 Å². The van der Waals surface area contributed by atoms with Crippen LogP contribution in [0.15, 0.2) is 0 Å². The maximum absolute atomic E-state index is 11.1. The summed E-state index contributed by atoms with van der Waals surface area (Å²) in [7, 11) is -3.14. The molecule has 0 atom stereocenters. The van der Waals surface area contributed by atoms with Crippen molar-refractivity contribution in [1.29, 1.82) is 0 Å². The summed E-state index contributed by atoms with van der Waals surface area (Å²) in [5, 5.41) is 19.6. The number of aliphatic carboxylic acids is 1. The van der Waals surface area contributed by atoms with Gasteiger partial charge >= 0.3 is 5.97 Å². The van der Waals surface area contributed by atoms with Crippen LogP contribution >= 0.6 is 0 Å². The highest BCUT2D eigenvalue weighted by molar-refractivity contribution is 7.91. The summed E-state index contributed by atoms with van der Waals surface area (Å²) in [4.78, 5) is 10.1. The topological polar surface area (TPSA) is 104 Å². The predicted molar refractivity (Wildman–Crippen MR) is 55.5 cm³/mol. The van der Waals surface area contributed by atoms with E-state index in [2.05, 4.69) is 5.32 Å². The van der Waals surface area contributed by atoms with Gasteiger partial charge in [-0.25, -0.2) is 8.42 Å². The summed E-state index contributed by atoms with van der Waals surface area (Å²) >= 11 is 0. The lowest BCUT2D eigenvalue weighted by molar-refractivity contribution is -0.136. The van der Waals surface area contributed by atoms with Crippen molar-refractivity contribution in [3.8, 4) is 0 Å². The minimum Gasteiger partial charge on any atom is -0.481 e. The van der Waals surface area contributed by atoms with Crippen molar-refractivity contribution in [2.24, 2.45) is 0 Å². The summed E-state index contributed by atoms with van der Waals surface area (Å²) in [5.41, 5.74) is 0. The standard InChI is InChI=1S/C8H17NO5S/c10-5-7-15(13,14)6-1-3-9-4-2-8(11)12/h9-10H,1-7H2,(H,11,12). The Morgan fingerprint density at radius 3 is 2.40 bits per heavy atom. The van der Waals surface area contributed by atoms with Gasteiger partial charge in [-0.05, 0) is 13.0 Å². The molecule has 0 unspecified atom stereocenters. The second kappa shape index (κ2) is 7.61. The zero-order chi connectivity index (χ0) is 11.7. The van der Waals surface area contributed by atoms with E-state index in [9.17, 15) is 13.2 Å². The summed E-state index contributed by atoms with van der Waals surface area (Å²) < 4.78 is 22.2. The minimum atomic E-state index is -3.14. The van der Waals surface area contributed by atoms with Crippen molar-refractivity contribution >= 4 is 15.8 Å². The van der Waals surface area contributed by atoms with Crippen molar-refractivity contribution in [2.45, 2.75) is 12.8 Å². The Balaban J connectivity index is 3.42. The van der Waals surface area contributed by atoms with Gasteiger partial charge in [-0.3, -0.25) is 4.79 Å². The Hall–Kier alpha value is -0.660. The zero-order valence-corrected chi connectivity index (χ0v) is 9.29. The highest BCUT2D eigenvalue weighted by Gasteiger charge is 2.08. The molecule has 6 nitrogen and oxygen atoms in total. The van der Waals surface area contributed by atoms with Crippen LogP contribution in [-0.4, -0.2) is 55.8 Å². The zero-order valence-electron chi connectivity index (χ0n) is 8.48. The maximum atomic E-state index is 11.1. The monoisotopic (exact) mass is 239 g/mol. The molecule has 0 heterocycles. The molecule has 0 amide bonds. The Kier molecular flexibility index (Phi) is 7.27. The number of carbonyl (C=O) groups is 1. The van der Waals surface area contributed by atoms with E-state index in [0.29, 0.717) is 19.5 Å². The van der Waals surface area contributed by atoms with Crippen molar-refractivity contribution in [3.05, 3.63) is 0 Å².